The summed E-state index contributed by atoms with van der Waals surface area (Å²) in [6.45, 7) is 0.782. The average Bonchev–Trinajstić information content (AvgIpc) is 2.94. The van der Waals surface area contributed by atoms with Gasteiger partial charge in [0.2, 0.25) is 5.28 Å². The summed E-state index contributed by atoms with van der Waals surface area (Å²) in [5.41, 5.74) is 0.629. The molecule has 1 saturated carbocycles. The second-order valence-corrected chi connectivity index (χ2v) is 5.03. The van der Waals surface area contributed by atoms with Gasteiger partial charge in [-0.2, -0.15) is 15.1 Å². The number of halogens is 1. The number of nitrogens with one attached hydrogen (secondary N) is 2. The maximum Gasteiger partial charge on any atom is 0.226 e. The molecule has 0 amide bonds. The van der Waals surface area contributed by atoms with Crippen molar-refractivity contribution >= 4 is 28.5 Å². The first kappa shape index (κ1) is 11.7. The van der Waals surface area contributed by atoms with Crippen molar-refractivity contribution in [3.05, 3.63) is 11.5 Å². The smallest absolute Gasteiger partial charge is 0.226 e. The molecule has 0 bridgehead atoms. The largest absolute Gasteiger partial charge is 0.393 e. The zero-order valence-corrected chi connectivity index (χ0v) is 10.5. The first-order valence-corrected chi connectivity index (χ1v) is 6.38. The van der Waals surface area contributed by atoms with Crippen LogP contribution in [0.1, 0.15) is 19.3 Å². The Morgan fingerprint density at radius 3 is 3.11 bits per heavy atom. The molecule has 0 spiro atoms. The van der Waals surface area contributed by atoms with Gasteiger partial charge in [0.25, 0.3) is 0 Å². The van der Waals surface area contributed by atoms with E-state index in [1.54, 1.807) is 6.20 Å². The first-order valence-electron chi connectivity index (χ1n) is 6.01. The molecule has 6 nitrogen and oxygen atoms in total. The van der Waals surface area contributed by atoms with Crippen LogP contribution < -0.4 is 5.32 Å². The minimum Gasteiger partial charge on any atom is -0.393 e. The van der Waals surface area contributed by atoms with E-state index in [0.717, 1.165) is 31.2 Å². The Kier molecular flexibility index (Phi) is 3.05. The molecule has 1 aliphatic rings. The SMILES string of the molecule is OC1CCC(CNc2nc(Cl)nc3[nH]ncc23)C1. The van der Waals surface area contributed by atoms with Gasteiger partial charge in [0, 0.05) is 6.54 Å². The van der Waals surface area contributed by atoms with Gasteiger partial charge in [-0.05, 0) is 36.8 Å². The molecule has 1 fully saturated rings. The van der Waals surface area contributed by atoms with Gasteiger partial charge in [-0.1, -0.05) is 0 Å². The van der Waals surface area contributed by atoms with E-state index < -0.39 is 0 Å². The third-order valence-corrected chi connectivity index (χ3v) is 3.52. The van der Waals surface area contributed by atoms with E-state index in [9.17, 15) is 5.11 Å². The highest BCUT2D eigenvalue weighted by atomic mass is 35.5. The minimum absolute atomic E-state index is 0.153. The molecule has 18 heavy (non-hydrogen) atoms. The summed E-state index contributed by atoms with van der Waals surface area (Å²) < 4.78 is 0. The maximum atomic E-state index is 9.49. The van der Waals surface area contributed by atoms with Crippen LogP contribution in [0, 0.1) is 5.92 Å². The molecule has 0 saturated heterocycles. The average molecular weight is 268 g/mol. The third-order valence-electron chi connectivity index (χ3n) is 3.35. The molecule has 0 radical (unpaired) electrons. The Hall–Kier alpha value is -1.40. The third kappa shape index (κ3) is 2.26. The second kappa shape index (κ2) is 4.70. The number of aliphatic hydroxyl groups is 1. The van der Waals surface area contributed by atoms with Crippen molar-refractivity contribution in [1.29, 1.82) is 0 Å². The zero-order valence-electron chi connectivity index (χ0n) is 9.73. The number of H-pyrrole nitrogens is 1. The lowest BCUT2D eigenvalue weighted by Gasteiger charge is -2.11. The van der Waals surface area contributed by atoms with Gasteiger partial charge in [-0.25, -0.2) is 0 Å². The molecule has 2 aromatic rings. The van der Waals surface area contributed by atoms with Crippen molar-refractivity contribution in [1.82, 2.24) is 20.2 Å². The van der Waals surface area contributed by atoms with E-state index in [1.165, 1.54) is 0 Å². The molecule has 0 aromatic carbocycles. The van der Waals surface area contributed by atoms with Crippen LogP contribution in [0.2, 0.25) is 5.28 Å². The summed E-state index contributed by atoms with van der Waals surface area (Å²) >= 11 is 5.85. The predicted molar refractivity (Wildman–Crippen MR) is 68.5 cm³/mol. The zero-order chi connectivity index (χ0) is 12.5. The first-order chi connectivity index (χ1) is 8.72. The Morgan fingerprint density at radius 2 is 2.33 bits per heavy atom. The summed E-state index contributed by atoms with van der Waals surface area (Å²) in [5.74, 6) is 1.18. The highest BCUT2D eigenvalue weighted by Crippen LogP contribution is 2.26. The van der Waals surface area contributed by atoms with Crippen molar-refractivity contribution in [2.75, 3.05) is 11.9 Å². The van der Waals surface area contributed by atoms with Crippen LogP contribution in [-0.4, -0.2) is 37.9 Å². The fraction of sp³-hybridized carbons (Fsp3) is 0.545. The molecular weight excluding hydrogens is 254 g/mol. The van der Waals surface area contributed by atoms with Crippen molar-refractivity contribution in [2.24, 2.45) is 5.92 Å². The van der Waals surface area contributed by atoms with Gasteiger partial charge in [0.05, 0.1) is 17.7 Å². The van der Waals surface area contributed by atoms with Crippen LogP contribution in [0.4, 0.5) is 5.82 Å². The quantitative estimate of drug-likeness (QED) is 0.735. The lowest BCUT2D eigenvalue weighted by Crippen LogP contribution is -2.13. The molecule has 3 N–H and O–H groups in total. The van der Waals surface area contributed by atoms with E-state index in [2.05, 4.69) is 25.5 Å². The van der Waals surface area contributed by atoms with Gasteiger partial charge in [0.15, 0.2) is 5.65 Å². The summed E-state index contributed by atoms with van der Waals surface area (Å²) in [6, 6.07) is 0. The maximum absolute atomic E-state index is 9.49. The molecule has 1 aliphatic carbocycles. The number of fused-ring (bicyclic) bond motifs is 1. The standard InChI is InChI=1S/C11H14ClN5O/c12-11-15-9(8-5-14-17-10(8)16-11)13-4-6-1-2-7(18)3-6/h5-7,18H,1-4H2,(H2,13,14,15,16,17). The topological polar surface area (TPSA) is 86.7 Å². The van der Waals surface area contributed by atoms with Crippen molar-refractivity contribution < 1.29 is 5.11 Å². The van der Waals surface area contributed by atoms with Crippen LogP contribution in [0.15, 0.2) is 6.20 Å². The number of hydrogen-bond donors (Lipinski definition) is 3. The number of aromatic amines is 1. The van der Waals surface area contributed by atoms with Gasteiger partial charge >= 0.3 is 0 Å². The number of aromatic nitrogens is 4. The highest BCUT2D eigenvalue weighted by molar-refractivity contribution is 6.28. The van der Waals surface area contributed by atoms with E-state index in [1.807, 2.05) is 0 Å². The molecule has 7 heteroatoms. The molecule has 2 heterocycles. The number of rotatable bonds is 3. The number of hydrogen-bond acceptors (Lipinski definition) is 5. The van der Waals surface area contributed by atoms with E-state index in [4.69, 9.17) is 11.6 Å². The van der Waals surface area contributed by atoms with Crippen molar-refractivity contribution in [3.63, 3.8) is 0 Å². The van der Waals surface area contributed by atoms with Crippen LogP contribution >= 0.6 is 11.6 Å². The Labute approximate surface area is 109 Å². The van der Waals surface area contributed by atoms with Crippen LogP contribution in [0.25, 0.3) is 11.0 Å². The van der Waals surface area contributed by atoms with Crippen molar-refractivity contribution in [3.8, 4) is 0 Å². The summed E-state index contributed by atoms with van der Waals surface area (Å²) in [7, 11) is 0. The summed E-state index contributed by atoms with van der Waals surface area (Å²) in [6.07, 6.45) is 4.30. The predicted octanol–water partition coefficient (Wildman–Crippen LogP) is 1.58. The molecule has 2 unspecified atom stereocenters. The van der Waals surface area contributed by atoms with Crippen LogP contribution in [-0.2, 0) is 0 Å². The van der Waals surface area contributed by atoms with Crippen molar-refractivity contribution in [2.45, 2.75) is 25.4 Å². The number of aliphatic hydroxyl groups excluding tert-OH is 1. The lowest BCUT2D eigenvalue weighted by molar-refractivity contribution is 0.178. The van der Waals surface area contributed by atoms with Crippen LogP contribution in [0.5, 0.6) is 0 Å². The normalized spacial score (nSPS) is 23.7. The Bertz CT molecular complexity index is 557. The number of anilines is 1. The van der Waals surface area contributed by atoms with Crippen LogP contribution in [0.3, 0.4) is 0 Å². The highest BCUT2D eigenvalue weighted by Gasteiger charge is 2.22. The van der Waals surface area contributed by atoms with Gasteiger partial charge in [0.1, 0.15) is 5.82 Å². The molecule has 2 atom stereocenters. The minimum atomic E-state index is -0.153. The Balaban J connectivity index is 1.75. The fourth-order valence-electron chi connectivity index (χ4n) is 2.42. The van der Waals surface area contributed by atoms with E-state index in [-0.39, 0.29) is 11.4 Å². The monoisotopic (exact) mass is 267 g/mol. The summed E-state index contributed by atoms with van der Waals surface area (Å²) in [4.78, 5) is 8.22. The number of nitrogens with zero attached hydrogens (tertiary/aromatic N) is 3. The summed E-state index contributed by atoms with van der Waals surface area (Å²) in [5, 5.41) is 20.5. The van der Waals surface area contributed by atoms with Gasteiger partial charge in [-0.3, -0.25) is 5.10 Å². The molecule has 3 rings (SSSR count). The molecule has 96 valence electrons. The van der Waals surface area contributed by atoms with Gasteiger partial charge < -0.3 is 10.4 Å². The Morgan fingerprint density at radius 1 is 1.44 bits per heavy atom. The fourth-order valence-corrected chi connectivity index (χ4v) is 2.59. The molecule has 2 aromatic heterocycles. The molecule has 0 aliphatic heterocycles. The second-order valence-electron chi connectivity index (χ2n) is 4.69. The van der Waals surface area contributed by atoms with E-state index in [0.29, 0.717) is 17.4 Å². The molecular formula is C11H14ClN5O. The lowest BCUT2D eigenvalue weighted by atomic mass is 10.1. The van der Waals surface area contributed by atoms with Gasteiger partial charge in [-0.15, -0.1) is 0 Å². The van der Waals surface area contributed by atoms with E-state index >= 15 is 0 Å².